The molecule has 0 bridgehead atoms. The quantitative estimate of drug-likeness (QED) is 0.806. The van der Waals surface area contributed by atoms with Gasteiger partial charge in [-0.25, -0.2) is 4.39 Å². The molecule has 1 rings (SSSR count). The molecule has 1 amide bonds. The predicted molar refractivity (Wildman–Crippen MR) is 65.6 cm³/mol. The van der Waals surface area contributed by atoms with Gasteiger partial charge in [0.05, 0.1) is 15.7 Å². The largest absolute Gasteiger partial charge is 0.342 e. The molecule has 1 aromatic rings. The van der Waals surface area contributed by atoms with Crippen LogP contribution in [0.4, 0.5) is 4.39 Å². The van der Waals surface area contributed by atoms with Crippen molar-refractivity contribution in [3.05, 3.63) is 30.1 Å². The molecule has 3 nitrogen and oxygen atoms in total. The summed E-state index contributed by atoms with van der Waals surface area (Å²) in [5.41, 5.74) is 0. The average molecular weight is 257 g/mol. The lowest BCUT2D eigenvalue weighted by Crippen LogP contribution is -2.34. The standard InChI is InChI=1S/C12H16FNO2S/c1-3-14(4-2)12(15)9-17(16)11-8-6-5-7-10(11)13/h5-8H,3-4,9H2,1-2H3. The molecular formula is C12H16FNO2S. The fourth-order valence-corrected chi connectivity index (χ4v) is 2.57. The molecule has 1 aromatic carbocycles. The molecule has 5 heteroatoms. The molecule has 0 saturated heterocycles. The highest BCUT2D eigenvalue weighted by Crippen LogP contribution is 2.12. The van der Waals surface area contributed by atoms with E-state index in [0.717, 1.165) is 0 Å². The van der Waals surface area contributed by atoms with Crippen molar-refractivity contribution < 1.29 is 13.4 Å². The van der Waals surface area contributed by atoms with Gasteiger partial charge >= 0.3 is 0 Å². The van der Waals surface area contributed by atoms with Crippen LogP contribution in [0.3, 0.4) is 0 Å². The van der Waals surface area contributed by atoms with Crippen LogP contribution in [0.2, 0.25) is 0 Å². The van der Waals surface area contributed by atoms with Gasteiger partial charge in [-0.1, -0.05) is 12.1 Å². The molecule has 0 saturated carbocycles. The van der Waals surface area contributed by atoms with Crippen molar-refractivity contribution in [2.24, 2.45) is 0 Å². The minimum absolute atomic E-state index is 0.0907. The highest BCUT2D eigenvalue weighted by molar-refractivity contribution is 7.85. The molecule has 17 heavy (non-hydrogen) atoms. The fraction of sp³-hybridized carbons (Fsp3) is 0.417. The number of rotatable bonds is 5. The first-order valence-corrected chi connectivity index (χ1v) is 6.82. The zero-order valence-electron chi connectivity index (χ0n) is 9.98. The lowest BCUT2D eigenvalue weighted by Gasteiger charge is -2.18. The topological polar surface area (TPSA) is 37.4 Å². The molecular weight excluding hydrogens is 241 g/mol. The minimum atomic E-state index is -1.62. The zero-order valence-corrected chi connectivity index (χ0v) is 10.8. The summed E-state index contributed by atoms with van der Waals surface area (Å²) >= 11 is 0. The normalized spacial score (nSPS) is 12.2. The first kappa shape index (κ1) is 13.8. The van der Waals surface area contributed by atoms with E-state index < -0.39 is 16.6 Å². The maximum atomic E-state index is 13.3. The molecule has 0 radical (unpaired) electrons. The van der Waals surface area contributed by atoms with Crippen LogP contribution in [-0.2, 0) is 15.6 Å². The Hall–Kier alpha value is -1.23. The molecule has 0 aliphatic rings. The van der Waals surface area contributed by atoms with Crippen molar-refractivity contribution in [3.63, 3.8) is 0 Å². The number of hydrogen-bond acceptors (Lipinski definition) is 2. The monoisotopic (exact) mass is 257 g/mol. The highest BCUT2D eigenvalue weighted by atomic mass is 32.2. The molecule has 0 N–H and O–H groups in total. The van der Waals surface area contributed by atoms with Crippen LogP contribution in [0, 0.1) is 5.82 Å². The Morgan fingerprint density at radius 2 is 1.88 bits per heavy atom. The van der Waals surface area contributed by atoms with E-state index in [-0.39, 0.29) is 16.6 Å². The van der Waals surface area contributed by atoms with E-state index in [0.29, 0.717) is 13.1 Å². The van der Waals surface area contributed by atoms with Gasteiger partial charge in [0, 0.05) is 13.1 Å². The second kappa shape index (κ2) is 6.49. The fourth-order valence-electron chi connectivity index (χ4n) is 1.49. The first-order valence-electron chi connectivity index (χ1n) is 5.50. The lowest BCUT2D eigenvalue weighted by atomic mass is 10.3. The minimum Gasteiger partial charge on any atom is -0.342 e. The molecule has 1 unspecified atom stereocenters. The van der Waals surface area contributed by atoms with Gasteiger partial charge in [-0.15, -0.1) is 0 Å². The second-order valence-corrected chi connectivity index (χ2v) is 4.91. The van der Waals surface area contributed by atoms with Crippen LogP contribution in [0.1, 0.15) is 13.8 Å². The summed E-state index contributed by atoms with van der Waals surface area (Å²) in [6.07, 6.45) is 0. The van der Waals surface area contributed by atoms with Crippen LogP contribution in [0.5, 0.6) is 0 Å². The average Bonchev–Trinajstić information content (AvgIpc) is 2.31. The number of benzene rings is 1. The van der Waals surface area contributed by atoms with E-state index in [1.807, 2.05) is 13.8 Å². The molecule has 94 valence electrons. The van der Waals surface area contributed by atoms with Gasteiger partial charge in [0.2, 0.25) is 5.91 Å². The second-order valence-electron chi connectivity index (χ2n) is 3.49. The van der Waals surface area contributed by atoms with Crippen LogP contribution < -0.4 is 0 Å². The Labute approximate surface area is 103 Å². The number of nitrogens with zero attached hydrogens (tertiary/aromatic N) is 1. The molecule has 0 spiro atoms. The molecule has 0 aromatic heterocycles. The zero-order chi connectivity index (χ0) is 12.8. The summed E-state index contributed by atoms with van der Waals surface area (Å²) in [6, 6.07) is 5.83. The number of hydrogen-bond donors (Lipinski definition) is 0. The summed E-state index contributed by atoms with van der Waals surface area (Å²) < 4.78 is 25.2. The Bertz CT molecular complexity index is 419. The van der Waals surface area contributed by atoms with Crippen molar-refractivity contribution in [3.8, 4) is 0 Å². The number of amides is 1. The van der Waals surface area contributed by atoms with E-state index in [1.54, 1.807) is 11.0 Å². The van der Waals surface area contributed by atoms with Crippen molar-refractivity contribution >= 4 is 16.7 Å². The van der Waals surface area contributed by atoms with E-state index in [2.05, 4.69) is 0 Å². The Kier molecular flexibility index (Phi) is 5.28. The summed E-state index contributed by atoms with van der Waals surface area (Å²) in [4.78, 5) is 13.4. The Morgan fingerprint density at radius 1 is 1.29 bits per heavy atom. The number of carbonyl (C=O) groups excluding carboxylic acids is 1. The summed E-state index contributed by atoms with van der Waals surface area (Å²) in [6.45, 7) is 4.86. The van der Waals surface area contributed by atoms with Crippen LogP contribution >= 0.6 is 0 Å². The third kappa shape index (κ3) is 3.63. The third-order valence-electron chi connectivity index (χ3n) is 2.45. The van der Waals surface area contributed by atoms with Crippen LogP contribution in [0.25, 0.3) is 0 Å². The van der Waals surface area contributed by atoms with E-state index in [9.17, 15) is 13.4 Å². The van der Waals surface area contributed by atoms with Gasteiger partial charge in [0.15, 0.2) is 0 Å². The predicted octanol–water partition coefficient (Wildman–Crippen LogP) is 1.80. The van der Waals surface area contributed by atoms with E-state index in [4.69, 9.17) is 0 Å². The molecule has 0 heterocycles. The van der Waals surface area contributed by atoms with Crippen molar-refractivity contribution in [1.82, 2.24) is 4.90 Å². The summed E-state index contributed by atoms with van der Waals surface area (Å²) in [5, 5.41) is 0. The van der Waals surface area contributed by atoms with E-state index >= 15 is 0 Å². The summed E-state index contributed by atoms with van der Waals surface area (Å²) in [7, 11) is -1.62. The lowest BCUT2D eigenvalue weighted by molar-refractivity contribution is -0.128. The van der Waals surface area contributed by atoms with Crippen molar-refractivity contribution in [2.75, 3.05) is 18.8 Å². The molecule has 0 aliphatic heterocycles. The smallest absolute Gasteiger partial charge is 0.235 e. The summed E-state index contributed by atoms with van der Waals surface area (Å²) in [5.74, 6) is -0.905. The Morgan fingerprint density at radius 3 is 2.41 bits per heavy atom. The molecule has 1 atom stereocenters. The number of halogens is 1. The molecule has 0 fully saturated rings. The first-order chi connectivity index (χ1) is 8.10. The van der Waals surface area contributed by atoms with Crippen molar-refractivity contribution in [1.29, 1.82) is 0 Å². The SMILES string of the molecule is CCN(CC)C(=O)CS(=O)c1ccccc1F. The van der Waals surface area contributed by atoms with Gasteiger partial charge in [0.25, 0.3) is 0 Å². The van der Waals surface area contributed by atoms with Gasteiger partial charge < -0.3 is 4.90 Å². The van der Waals surface area contributed by atoms with E-state index in [1.165, 1.54) is 18.2 Å². The van der Waals surface area contributed by atoms with Crippen LogP contribution in [0.15, 0.2) is 29.2 Å². The van der Waals surface area contributed by atoms with Gasteiger partial charge in [0.1, 0.15) is 11.6 Å². The van der Waals surface area contributed by atoms with Crippen LogP contribution in [-0.4, -0.2) is 33.9 Å². The number of carbonyl (C=O) groups is 1. The van der Waals surface area contributed by atoms with Gasteiger partial charge in [-0.05, 0) is 26.0 Å². The van der Waals surface area contributed by atoms with Gasteiger partial charge in [-0.3, -0.25) is 9.00 Å². The maximum Gasteiger partial charge on any atom is 0.235 e. The Balaban J connectivity index is 2.73. The maximum absolute atomic E-state index is 13.3. The van der Waals surface area contributed by atoms with Crippen molar-refractivity contribution in [2.45, 2.75) is 18.7 Å². The highest BCUT2D eigenvalue weighted by Gasteiger charge is 2.16. The van der Waals surface area contributed by atoms with Gasteiger partial charge in [-0.2, -0.15) is 0 Å². The third-order valence-corrected chi connectivity index (χ3v) is 3.78. The molecule has 0 aliphatic carbocycles.